The van der Waals surface area contributed by atoms with Crippen molar-refractivity contribution in [1.29, 1.82) is 0 Å². The molecule has 0 radical (unpaired) electrons. The van der Waals surface area contributed by atoms with Crippen molar-refractivity contribution in [3.63, 3.8) is 0 Å². The van der Waals surface area contributed by atoms with Crippen LogP contribution in [0.2, 0.25) is 0 Å². The van der Waals surface area contributed by atoms with Crippen LogP contribution in [0, 0.1) is 0 Å². The molecule has 3 aromatic carbocycles. The van der Waals surface area contributed by atoms with E-state index < -0.39 is 0 Å². The molecule has 0 aliphatic carbocycles. The van der Waals surface area contributed by atoms with Crippen LogP contribution in [0.5, 0.6) is 0 Å². The van der Waals surface area contributed by atoms with Crippen LogP contribution in [0.1, 0.15) is 10.4 Å². The average Bonchev–Trinajstić information content (AvgIpc) is 3.03. The Morgan fingerprint density at radius 3 is 2.61 bits per heavy atom. The number of hydrogen-bond acceptors (Lipinski definition) is 3. The summed E-state index contributed by atoms with van der Waals surface area (Å²) in [6, 6.07) is 19.9. The minimum Gasteiger partial charge on any atom is -0.289 e. The lowest BCUT2D eigenvalue weighted by Crippen LogP contribution is -1.98. The molecule has 1 heterocycles. The molecular formula is C20H13NOS. The highest BCUT2D eigenvalue weighted by Gasteiger charge is 2.17. The Morgan fingerprint density at radius 2 is 1.78 bits per heavy atom. The molecule has 0 N–H and O–H groups in total. The van der Waals surface area contributed by atoms with Gasteiger partial charge in [-0.3, -0.25) is 4.79 Å². The van der Waals surface area contributed by atoms with Crippen molar-refractivity contribution in [2.24, 2.45) is 0 Å². The van der Waals surface area contributed by atoms with Crippen LogP contribution in [0.15, 0.2) is 73.3 Å². The first-order valence-electron chi connectivity index (χ1n) is 7.32. The molecule has 4 rings (SSSR count). The summed E-state index contributed by atoms with van der Waals surface area (Å²) in [6.45, 7) is 3.63. The van der Waals surface area contributed by atoms with Crippen LogP contribution in [0.3, 0.4) is 0 Å². The van der Waals surface area contributed by atoms with Crippen LogP contribution in [-0.2, 0) is 0 Å². The van der Waals surface area contributed by atoms with E-state index in [0.717, 1.165) is 31.6 Å². The first kappa shape index (κ1) is 13.9. The first-order chi connectivity index (χ1) is 11.3. The van der Waals surface area contributed by atoms with Crippen molar-refractivity contribution in [1.82, 2.24) is 4.98 Å². The molecule has 0 aliphatic heterocycles. The van der Waals surface area contributed by atoms with Gasteiger partial charge >= 0.3 is 0 Å². The molecule has 0 fully saturated rings. The highest BCUT2D eigenvalue weighted by Crippen LogP contribution is 2.37. The van der Waals surface area contributed by atoms with Crippen LogP contribution in [0.4, 0.5) is 0 Å². The van der Waals surface area contributed by atoms with Gasteiger partial charge in [-0.15, -0.1) is 11.3 Å². The predicted molar refractivity (Wildman–Crippen MR) is 97.1 cm³/mol. The maximum Gasteiger partial charge on any atom is 0.185 e. The molecule has 0 amide bonds. The summed E-state index contributed by atoms with van der Waals surface area (Å²) in [7, 11) is 0. The van der Waals surface area contributed by atoms with Gasteiger partial charge in [0.15, 0.2) is 5.78 Å². The van der Waals surface area contributed by atoms with Crippen LogP contribution in [0.25, 0.3) is 31.6 Å². The number of benzene rings is 3. The van der Waals surface area contributed by atoms with Gasteiger partial charge in [-0.1, -0.05) is 49.0 Å². The Kier molecular flexibility index (Phi) is 3.28. The van der Waals surface area contributed by atoms with E-state index in [2.05, 4.69) is 12.6 Å². The molecule has 0 unspecified atom stereocenters. The number of rotatable bonds is 3. The van der Waals surface area contributed by atoms with E-state index in [1.807, 2.05) is 54.6 Å². The number of thiazole rings is 1. The van der Waals surface area contributed by atoms with Crippen LogP contribution < -0.4 is 0 Å². The number of carbonyl (C=O) groups excluding carboxylic acids is 1. The average molecular weight is 315 g/mol. The summed E-state index contributed by atoms with van der Waals surface area (Å²) in [5.41, 5.74) is 2.50. The van der Waals surface area contributed by atoms with Gasteiger partial charge in [0, 0.05) is 11.1 Å². The maximum absolute atomic E-state index is 12.3. The minimum atomic E-state index is -0.0787. The zero-order valence-electron chi connectivity index (χ0n) is 12.3. The van der Waals surface area contributed by atoms with E-state index in [4.69, 9.17) is 4.98 Å². The molecule has 1 aromatic heterocycles. The SMILES string of the molecule is C=CC(=O)c1ccc2ccccc2c1-c1nc2ccccc2s1. The summed E-state index contributed by atoms with van der Waals surface area (Å²) in [5, 5.41) is 3.01. The number of fused-ring (bicyclic) bond motifs is 2. The number of hydrogen-bond donors (Lipinski definition) is 0. The van der Waals surface area contributed by atoms with Crippen molar-refractivity contribution in [2.45, 2.75) is 0 Å². The molecule has 0 aliphatic rings. The van der Waals surface area contributed by atoms with Crippen LogP contribution >= 0.6 is 11.3 Å². The smallest absolute Gasteiger partial charge is 0.185 e. The van der Waals surface area contributed by atoms with E-state index in [1.54, 1.807) is 11.3 Å². The fourth-order valence-corrected chi connectivity index (χ4v) is 3.84. The van der Waals surface area contributed by atoms with Gasteiger partial charge in [0.05, 0.1) is 10.2 Å². The summed E-state index contributed by atoms with van der Waals surface area (Å²) in [5.74, 6) is -0.0787. The lowest BCUT2D eigenvalue weighted by Gasteiger charge is -2.09. The molecule has 0 saturated heterocycles. The first-order valence-corrected chi connectivity index (χ1v) is 8.14. The summed E-state index contributed by atoms with van der Waals surface area (Å²) in [6.07, 6.45) is 1.36. The number of nitrogens with zero attached hydrogens (tertiary/aromatic N) is 1. The van der Waals surface area contributed by atoms with Gasteiger partial charge in [0.1, 0.15) is 5.01 Å². The second-order valence-corrected chi connectivity index (χ2v) is 6.30. The lowest BCUT2D eigenvalue weighted by molar-refractivity contribution is 0.104. The Morgan fingerprint density at radius 1 is 1.00 bits per heavy atom. The molecule has 4 aromatic rings. The summed E-state index contributed by atoms with van der Waals surface area (Å²) >= 11 is 1.61. The fraction of sp³-hybridized carbons (Fsp3) is 0. The van der Waals surface area contributed by atoms with E-state index in [9.17, 15) is 4.79 Å². The summed E-state index contributed by atoms with van der Waals surface area (Å²) < 4.78 is 1.12. The van der Waals surface area contributed by atoms with Crippen molar-refractivity contribution < 1.29 is 4.79 Å². The third kappa shape index (κ3) is 2.26. The number of allylic oxidation sites excluding steroid dienone is 1. The molecule has 2 nitrogen and oxygen atoms in total. The van der Waals surface area contributed by atoms with E-state index in [-0.39, 0.29) is 5.78 Å². The van der Waals surface area contributed by atoms with Crippen molar-refractivity contribution >= 4 is 38.1 Å². The van der Waals surface area contributed by atoms with Crippen molar-refractivity contribution in [3.8, 4) is 10.6 Å². The Bertz CT molecular complexity index is 1030. The normalized spacial score (nSPS) is 11.0. The monoisotopic (exact) mass is 315 g/mol. The van der Waals surface area contributed by atoms with Gasteiger partial charge in [-0.2, -0.15) is 0 Å². The van der Waals surface area contributed by atoms with E-state index >= 15 is 0 Å². The van der Waals surface area contributed by atoms with Crippen molar-refractivity contribution in [2.75, 3.05) is 0 Å². The van der Waals surface area contributed by atoms with E-state index in [1.165, 1.54) is 6.08 Å². The molecule has 3 heteroatoms. The molecule has 0 atom stereocenters. The third-order valence-electron chi connectivity index (χ3n) is 3.89. The second kappa shape index (κ2) is 5.45. The number of ketones is 1. The fourth-order valence-electron chi connectivity index (χ4n) is 2.80. The molecule has 110 valence electrons. The maximum atomic E-state index is 12.3. The zero-order valence-corrected chi connectivity index (χ0v) is 13.1. The van der Waals surface area contributed by atoms with E-state index in [0.29, 0.717) is 5.56 Å². The molecule has 0 saturated carbocycles. The zero-order chi connectivity index (χ0) is 15.8. The molecule has 0 spiro atoms. The Hall–Kier alpha value is -2.78. The van der Waals surface area contributed by atoms with Gasteiger partial charge in [0.25, 0.3) is 0 Å². The van der Waals surface area contributed by atoms with Gasteiger partial charge in [-0.05, 0) is 35.0 Å². The van der Waals surface area contributed by atoms with Gasteiger partial charge < -0.3 is 0 Å². The van der Waals surface area contributed by atoms with Crippen LogP contribution in [-0.4, -0.2) is 10.8 Å². The third-order valence-corrected chi connectivity index (χ3v) is 4.94. The number of aromatic nitrogens is 1. The number of carbonyl (C=O) groups is 1. The Balaban J connectivity index is 2.10. The largest absolute Gasteiger partial charge is 0.289 e. The number of para-hydroxylation sites is 1. The lowest BCUT2D eigenvalue weighted by atomic mass is 9.96. The predicted octanol–water partition coefficient (Wildman–Crippen LogP) is 5.49. The molecular weight excluding hydrogens is 302 g/mol. The summed E-state index contributed by atoms with van der Waals surface area (Å²) in [4.78, 5) is 17.1. The topological polar surface area (TPSA) is 30.0 Å². The quantitative estimate of drug-likeness (QED) is 0.370. The van der Waals surface area contributed by atoms with Crippen molar-refractivity contribution in [3.05, 3.63) is 78.9 Å². The van der Waals surface area contributed by atoms with Gasteiger partial charge in [0.2, 0.25) is 0 Å². The minimum absolute atomic E-state index is 0.0787. The highest BCUT2D eigenvalue weighted by atomic mass is 32.1. The Labute approximate surface area is 137 Å². The molecule has 23 heavy (non-hydrogen) atoms. The highest BCUT2D eigenvalue weighted by molar-refractivity contribution is 7.21. The van der Waals surface area contributed by atoms with Gasteiger partial charge in [-0.25, -0.2) is 4.98 Å². The standard InChI is InChI=1S/C20H13NOS/c1-2-17(22)15-12-11-13-7-3-4-8-14(13)19(15)20-21-16-9-5-6-10-18(16)23-20/h2-12H,1H2. The molecule has 0 bridgehead atoms. The second-order valence-electron chi connectivity index (χ2n) is 5.26.